The number of nitrogens with one attached hydrogen (secondary N) is 1. The smallest absolute Gasteiger partial charge is 0.220 e. The molecule has 270 valence electrons. The zero-order valence-electron chi connectivity index (χ0n) is 29.1. The quantitative estimate of drug-likeness (QED) is 0.0425. The van der Waals surface area contributed by atoms with Crippen LogP contribution in [-0.4, -0.2) is 87.5 Å². The molecule has 1 aliphatic heterocycles. The lowest BCUT2D eigenvalue weighted by Gasteiger charge is -2.40. The van der Waals surface area contributed by atoms with Gasteiger partial charge in [0.2, 0.25) is 5.91 Å². The molecular weight excluding hydrogens is 586 g/mol. The van der Waals surface area contributed by atoms with Crippen molar-refractivity contribution in [3.63, 3.8) is 0 Å². The second-order valence-corrected chi connectivity index (χ2v) is 13.0. The van der Waals surface area contributed by atoms with Crippen molar-refractivity contribution in [2.75, 3.05) is 13.2 Å². The molecule has 6 N–H and O–H groups in total. The van der Waals surface area contributed by atoms with E-state index in [2.05, 4.69) is 31.3 Å². The monoisotopic (exact) mass is 656 g/mol. The van der Waals surface area contributed by atoms with Crippen LogP contribution in [0, 0.1) is 0 Å². The first-order chi connectivity index (χ1) is 22.3. The number of carbonyl (C=O) groups is 1. The molecule has 1 rings (SSSR count). The summed E-state index contributed by atoms with van der Waals surface area (Å²) in [4.78, 5) is 12.8. The van der Waals surface area contributed by atoms with Crippen molar-refractivity contribution in [2.24, 2.45) is 0 Å². The van der Waals surface area contributed by atoms with Crippen LogP contribution >= 0.6 is 0 Å². The number of aliphatic hydroxyl groups excluding tert-OH is 5. The van der Waals surface area contributed by atoms with E-state index in [1.807, 2.05) is 6.08 Å². The van der Waals surface area contributed by atoms with Crippen molar-refractivity contribution in [1.82, 2.24) is 5.32 Å². The topological polar surface area (TPSA) is 149 Å². The van der Waals surface area contributed by atoms with Gasteiger partial charge in [-0.25, -0.2) is 0 Å². The van der Waals surface area contributed by atoms with Gasteiger partial charge in [-0.05, 0) is 44.9 Å². The van der Waals surface area contributed by atoms with Crippen LogP contribution < -0.4 is 5.32 Å². The molecule has 0 radical (unpaired) electrons. The SMILES string of the molecule is CCCCCCCC/C=C\CCCCCC(=O)NC(COC1OC(CO)C(O)C(O)C1O)C(O)/C=C/CCCCCCCCCC. The first-order valence-electron chi connectivity index (χ1n) is 18.6. The zero-order valence-corrected chi connectivity index (χ0v) is 29.1. The molecule has 0 bridgehead atoms. The highest BCUT2D eigenvalue weighted by molar-refractivity contribution is 5.76. The fourth-order valence-electron chi connectivity index (χ4n) is 5.68. The number of rotatable bonds is 29. The third kappa shape index (κ3) is 20.1. The fraction of sp³-hybridized carbons (Fsp3) is 0.865. The van der Waals surface area contributed by atoms with E-state index < -0.39 is 49.5 Å². The third-order valence-electron chi connectivity index (χ3n) is 8.77. The largest absolute Gasteiger partial charge is 0.394 e. The van der Waals surface area contributed by atoms with E-state index in [0.29, 0.717) is 6.42 Å². The lowest BCUT2D eigenvalue weighted by Crippen LogP contribution is -2.60. The molecule has 1 fully saturated rings. The summed E-state index contributed by atoms with van der Waals surface area (Å²) in [6, 6.07) is -0.806. The van der Waals surface area contributed by atoms with Crippen LogP contribution in [0.15, 0.2) is 24.3 Å². The molecule has 7 atom stereocenters. The Morgan fingerprint density at radius 3 is 1.76 bits per heavy atom. The minimum absolute atomic E-state index is 0.193. The summed E-state index contributed by atoms with van der Waals surface area (Å²) >= 11 is 0. The highest BCUT2D eigenvalue weighted by Crippen LogP contribution is 2.22. The summed E-state index contributed by atoms with van der Waals surface area (Å²) in [6.07, 6.45) is 23.7. The summed E-state index contributed by atoms with van der Waals surface area (Å²) < 4.78 is 11.1. The molecular formula is C37H69NO8. The van der Waals surface area contributed by atoms with Crippen LogP contribution in [0.4, 0.5) is 0 Å². The second-order valence-electron chi connectivity index (χ2n) is 13.0. The predicted octanol–water partition coefficient (Wildman–Crippen LogP) is 5.99. The number of aliphatic hydroxyl groups is 5. The van der Waals surface area contributed by atoms with E-state index >= 15 is 0 Å². The highest BCUT2D eigenvalue weighted by atomic mass is 16.7. The molecule has 0 aromatic heterocycles. The van der Waals surface area contributed by atoms with Gasteiger partial charge in [0.15, 0.2) is 6.29 Å². The van der Waals surface area contributed by atoms with Crippen LogP contribution in [0.2, 0.25) is 0 Å². The maximum Gasteiger partial charge on any atom is 0.220 e. The van der Waals surface area contributed by atoms with E-state index in [-0.39, 0.29) is 12.5 Å². The highest BCUT2D eigenvalue weighted by Gasteiger charge is 2.44. The molecule has 0 aliphatic carbocycles. The molecule has 1 heterocycles. The summed E-state index contributed by atoms with van der Waals surface area (Å²) in [7, 11) is 0. The lowest BCUT2D eigenvalue weighted by atomic mass is 9.99. The Morgan fingerprint density at radius 1 is 0.717 bits per heavy atom. The molecule has 9 nitrogen and oxygen atoms in total. The number of hydrogen-bond donors (Lipinski definition) is 6. The van der Waals surface area contributed by atoms with E-state index in [0.717, 1.165) is 51.4 Å². The van der Waals surface area contributed by atoms with E-state index in [1.165, 1.54) is 77.0 Å². The van der Waals surface area contributed by atoms with E-state index in [4.69, 9.17) is 9.47 Å². The second kappa shape index (κ2) is 28.7. The Balaban J connectivity index is 2.49. The number of allylic oxidation sites excluding steroid dienone is 3. The maximum absolute atomic E-state index is 12.8. The molecule has 1 aliphatic rings. The van der Waals surface area contributed by atoms with Gasteiger partial charge in [-0.15, -0.1) is 0 Å². The number of ether oxygens (including phenoxy) is 2. The van der Waals surface area contributed by atoms with Crippen molar-refractivity contribution < 1.29 is 39.8 Å². The number of unbranched alkanes of at least 4 members (excludes halogenated alkanes) is 17. The Hall–Kier alpha value is -1.33. The number of hydrogen-bond acceptors (Lipinski definition) is 8. The van der Waals surface area contributed by atoms with Crippen LogP contribution in [0.1, 0.15) is 149 Å². The van der Waals surface area contributed by atoms with Crippen LogP contribution in [0.5, 0.6) is 0 Å². The van der Waals surface area contributed by atoms with Gasteiger partial charge in [0.1, 0.15) is 24.4 Å². The molecule has 0 aromatic carbocycles. The fourth-order valence-corrected chi connectivity index (χ4v) is 5.68. The standard InChI is InChI=1S/C37H69NO8/c1-3-5-7-9-11-13-15-16-17-19-21-23-25-27-33(41)38-30(29-45-37-36(44)35(43)34(42)32(28-39)46-37)31(40)26-24-22-20-18-14-12-10-8-6-4-2/h16-17,24,26,30-32,34-37,39-40,42-44H,3-15,18-23,25,27-29H2,1-2H3,(H,38,41)/b17-16-,26-24+. The first-order valence-corrected chi connectivity index (χ1v) is 18.6. The van der Waals surface area contributed by atoms with Crippen LogP contribution in [0.3, 0.4) is 0 Å². The summed E-state index contributed by atoms with van der Waals surface area (Å²) in [5.41, 5.74) is 0. The average molecular weight is 656 g/mol. The summed E-state index contributed by atoms with van der Waals surface area (Å²) in [5.74, 6) is -0.198. The maximum atomic E-state index is 12.8. The van der Waals surface area contributed by atoms with Gasteiger partial charge in [0.25, 0.3) is 0 Å². The molecule has 46 heavy (non-hydrogen) atoms. The van der Waals surface area contributed by atoms with Crippen molar-refractivity contribution in [2.45, 2.75) is 192 Å². The molecule has 1 amide bonds. The van der Waals surface area contributed by atoms with Gasteiger partial charge in [-0.2, -0.15) is 0 Å². The predicted molar refractivity (Wildman–Crippen MR) is 184 cm³/mol. The van der Waals surface area contributed by atoms with Crippen molar-refractivity contribution in [3.05, 3.63) is 24.3 Å². The summed E-state index contributed by atoms with van der Waals surface area (Å²) in [6.45, 7) is 3.70. The first kappa shape index (κ1) is 42.7. The molecule has 9 heteroatoms. The minimum atomic E-state index is -1.56. The number of carbonyl (C=O) groups excluding carboxylic acids is 1. The van der Waals surface area contributed by atoms with Crippen molar-refractivity contribution in [1.29, 1.82) is 0 Å². The average Bonchev–Trinajstić information content (AvgIpc) is 3.05. The Labute approximate surface area is 279 Å². The van der Waals surface area contributed by atoms with Gasteiger partial charge in [-0.1, -0.05) is 122 Å². The molecule has 1 saturated heterocycles. The molecule has 0 spiro atoms. The molecule has 0 saturated carbocycles. The molecule has 0 aromatic rings. The van der Waals surface area contributed by atoms with Crippen molar-refractivity contribution >= 4 is 5.91 Å². The molecule has 7 unspecified atom stereocenters. The minimum Gasteiger partial charge on any atom is -0.394 e. The van der Waals surface area contributed by atoms with Gasteiger partial charge < -0.3 is 40.3 Å². The normalized spacial score (nSPS) is 23.3. The van der Waals surface area contributed by atoms with Crippen LogP contribution in [-0.2, 0) is 14.3 Å². The Bertz CT molecular complexity index is 776. The third-order valence-corrected chi connectivity index (χ3v) is 8.77. The van der Waals surface area contributed by atoms with E-state index in [9.17, 15) is 30.3 Å². The Morgan fingerprint density at radius 2 is 1.22 bits per heavy atom. The van der Waals surface area contributed by atoms with Gasteiger partial charge >= 0.3 is 0 Å². The van der Waals surface area contributed by atoms with Gasteiger partial charge in [-0.3, -0.25) is 4.79 Å². The van der Waals surface area contributed by atoms with Crippen LogP contribution in [0.25, 0.3) is 0 Å². The van der Waals surface area contributed by atoms with Crippen molar-refractivity contribution in [3.8, 4) is 0 Å². The van der Waals surface area contributed by atoms with Gasteiger partial charge in [0, 0.05) is 6.42 Å². The van der Waals surface area contributed by atoms with Gasteiger partial charge in [0.05, 0.1) is 25.4 Å². The van der Waals surface area contributed by atoms with E-state index in [1.54, 1.807) is 6.08 Å². The number of amides is 1. The lowest BCUT2D eigenvalue weighted by molar-refractivity contribution is -0.302. The Kier molecular flexibility index (Phi) is 26.6. The zero-order chi connectivity index (χ0) is 33.8. The summed E-state index contributed by atoms with van der Waals surface area (Å²) in [5, 5.41) is 53.7.